The van der Waals surface area contributed by atoms with Gasteiger partial charge in [-0.25, -0.2) is 18.4 Å². The van der Waals surface area contributed by atoms with E-state index in [1.54, 1.807) is 6.92 Å². The van der Waals surface area contributed by atoms with Crippen molar-refractivity contribution < 1.29 is 23.1 Å². The lowest BCUT2D eigenvalue weighted by Crippen LogP contribution is -2.37. The number of carboxylic acids is 1. The lowest BCUT2D eigenvalue weighted by atomic mass is 10.1. The molecule has 0 aromatic carbocycles. The van der Waals surface area contributed by atoms with Crippen LogP contribution in [0.5, 0.6) is 0 Å². The van der Waals surface area contributed by atoms with Crippen LogP contribution >= 0.6 is 0 Å². The summed E-state index contributed by atoms with van der Waals surface area (Å²) in [5, 5.41) is 18.5. The van der Waals surface area contributed by atoms with Crippen LogP contribution in [0.15, 0.2) is 0 Å². The summed E-state index contributed by atoms with van der Waals surface area (Å²) in [5.41, 5.74) is 0. The second-order valence-electron chi connectivity index (χ2n) is 4.28. The van der Waals surface area contributed by atoms with Crippen LogP contribution in [-0.2, 0) is 14.8 Å². The minimum atomic E-state index is -3.49. The number of nitrogens with one attached hydrogen (secondary N) is 2. The summed E-state index contributed by atoms with van der Waals surface area (Å²) in [5.74, 6) is -1.46. The zero-order chi connectivity index (χ0) is 14.9. The molecule has 0 aliphatic heterocycles. The van der Waals surface area contributed by atoms with Gasteiger partial charge in [0.2, 0.25) is 10.0 Å². The molecule has 0 spiro atoms. The monoisotopic (exact) mass is 295 g/mol. The van der Waals surface area contributed by atoms with E-state index in [0.29, 0.717) is 19.4 Å². The van der Waals surface area contributed by atoms with Gasteiger partial charge in [0.05, 0.1) is 11.7 Å². The number of sulfonamides is 1. The Morgan fingerprint density at radius 3 is 2.21 bits per heavy atom. The molecule has 9 heteroatoms. The van der Waals surface area contributed by atoms with E-state index < -0.39 is 27.9 Å². The van der Waals surface area contributed by atoms with Crippen molar-refractivity contribution in [3.63, 3.8) is 0 Å². The number of hydrogen-bond acceptors (Lipinski definition) is 4. The fraction of sp³-hybridized carbons (Fsp3) is 0.800. The fourth-order valence-electron chi connectivity index (χ4n) is 1.27. The maximum absolute atomic E-state index is 11.2. The van der Waals surface area contributed by atoms with Gasteiger partial charge in [0.15, 0.2) is 0 Å². The summed E-state index contributed by atoms with van der Waals surface area (Å²) < 4.78 is 21.2. The molecule has 8 nitrogen and oxygen atoms in total. The predicted molar refractivity (Wildman–Crippen MR) is 70.0 cm³/mol. The average Bonchev–Trinajstić information content (AvgIpc) is 2.28. The number of carbonyl (C=O) groups excluding carboxylic acids is 1. The minimum absolute atomic E-state index is 0.177. The predicted octanol–water partition coefficient (Wildman–Crippen LogP) is -0.535. The number of carboxylic acid groups (broad SMARTS) is 1. The summed E-state index contributed by atoms with van der Waals surface area (Å²) >= 11 is 0. The van der Waals surface area contributed by atoms with Crippen LogP contribution in [0, 0.1) is 5.92 Å². The first kappa shape index (κ1) is 17.6. The Hall–Kier alpha value is -1.35. The van der Waals surface area contributed by atoms with Crippen LogP contribution < -0.4 is 15.8 Å². The smallest absolute Gasteiger partial charge is 0.314 e. The van der Waals surface area contributed by atoms with Gasteiger partial charge in [-0.05, 0) is 19.3 Å². The van der Waals surface area contributed by atoms with Gasteiger partial charge in [-0.2, -0.15) is 0 Å². The van der Waals surface area contributed by atoms with E-state index in [4.69, 9.17) is 10.2 Å². The average molecular weight is 295 g/mol. The van der Waals surface area contributed by atoms with E-state index in [9.17, 15) is 18.0 Å². The number of hydrogen-bond donors (Lipinski definition) is 4. The van der Waals surface area contributed by atoms with Gasteiger partial charge < -0.3 is 15.7 Å². The molecule has 1 unspecified atom stereocenters. The van der Waals surface area contributed by atoms with E-state index in [1.165, 1.54) is 0 Å². The normalized spacial score (nSPS) is 12.7. The molecular weight excluding hydrogens is 274 g/mol. The van der Waals surface area contributed by atoms with Crippen molar-refractivity contribution in [2.24, 2.45) is 11.1 Å². The van der Waals surface area contributed by atoms with Crippen molar-refractivity contribution in [1.29, 1.82) is 0 Å². The molecular formula is C10H21N3O5S. The number of amides is 2. The highest BCUT2D eigenvalue weighted by Gasteiger charge is 2.10. The van der Waals surface area contributed by atoms with E-state index in [1.807, 2.05) is 0 Å². The van der Waals surface area contributed by atoms with Crippen molar-refractivity contribution in [3.8, 4) is 0 Å². The first-order valence-corrected chi connectivity index (χ1v) is 7.69. The second kappa shape index (κ2) is 8.70. The molecule has 0 saturated heterocycles. The summed E-state index contributed by atoms with van der Waals surface area (Å²) in [4.78, 5) is 21.8. The molecule has 0 aromatic heterocycles. The van der Waals surface area contributed by atoms with Crippen molar-refractivity contribution in [1.82, 2.24) is 10.6 Å². The van der Waals surface area contributed by atoms with Gasteiger partial charge in [-0.3, -0.25) is 4.79 Å². The van der Waals surface area contributed by atoms with Crippen LogP contribution in [-0.4, -0.2) is 44.4 Å². The summed E-state index contributed by atoms with van der Waals surface area (Å²) in [6.45, 7) is 2.20. The second-order valence-corrected chi connectivity index (χ2v) is 6.02. The number of primary sulfonamides is 1. The van der Waals surface area contributed by atoms with Crippen molar-refractivity contribution in [2.75, 3.05) is 18.8 Å². The Kier molecular flexibility index (Phi) is 8.08. The molecule has 0 fully saturated rings. The molecule has 2 amide bonds. The Bertz CT molecular complexity index is 396. The van der Waals surface area contributed by atoms with Crippen molar-refractivity contribution in [3.05, 3.63) is 0 Å². The molecule has 0 heterocycles. The standard InChI is InChI=1S/C10H21N3O5S/c1-8(9(14)15)4-2-5-12-10(16)13-6-3-7-19(11,17)18/h8H,2-7H2,1H3,(H,14,15)(H2,11,17,18)(H2,12,13,16). The fourth-order valence-corrected chi connectivity index (χ4v) is 1.82. The third-order valence-electron chi connectivity index (χ3n) is 2.41. The topological polar surface area (TPSA) is 139 Å². The number of nitrogens with two attached hydrogens (primary N) is 1. The van der Waals surface area contributed by atoms with Gasteiger partial charge in [0.25, 0.3) is 0 Å². The van der Waals surface area contributed by atoms with Crippen molar-refractivity contribution in [2.45, 2.75) is 26.2 Å². The molecule has 0 aliphatic rings. The van der Waals surface area contributed by atoms with Crippen LogP contribution in [0.3, 0.4) is 0 Å². The Balaban J connectivity index is 3.53. The van der Waals surface area contributed by atoms with Gasteiger partial charge in [-0.1, -0.05) is 6.92 Å². The van der Waals surface area contributed by atoms with Crippen LogP contribution in [0.25, 0.3) is 0 Å². The Morgan fingerprint density at radius 1 is 1.21 bits per heavy atom. The molecule has 112 valence electrons. The molecule has 0 saturated carbocycles. The highest BCUT2D eigenvalue weighted by molar-refractivity contribution is 7.89. The maximum atomic E-state index is 11.2. The van der Waals surface area contributed by atoms with E-state index >= 15 is 0 Å². The van der Waals surface area contributed by atoms with E-state index in [0.717, 1.165) is 0 Å². The van der Waals surface area contributed by atoms with Crippen molar-refractivity contribution >= 4 is 22.0 Å². The quantitative estimate of drug-likeness (QED) is 0.423. The molecule has 1 atom stereocenters. The third-order valence-corrected chi connectivity index (χ3v) is 3.27. The summed E-state index contributed by atoms with van der Waals surface area (Å²) in [6, 6.07) is -0.405. The van der Waals surface area contributed by atoms with Gasteiger partial charge in [0.1, 0.15) is 0 Å². The SMILES string of the molecule is CC(CCCNC(=O)NCCCS(N)(=O)=O)C(=O)O. The van der Waals surface area contributed by atoms with E-state index in [2.05, 4.69) is 10.6 Å². The number of rotatable bonds is 9. The lowest BCUT2D eigenvalue weighted by molar-refractivity contribution is -0.141. The van der Waals surface area contributed by atoms with Crippen LogP contribution in [0.2, 0.25) is 0 Å². The van der Waals surface area contributed by atoms with Gasteiger partial charge in [0, 0.05) is 13.1 Å². The first-order valence-electron chi connectivity index (χ1n) is 5.97. The highest BCUT2D eigenvalue weighted by Crippen LogP contribution is 2.03. The number of carbonyl (C=O) groups is 2. The number of urea groups is 1. The summed E-state index contributed by atoms with van der Waals surface area (Å²) in [6.07, 6.45) is 1.31. The zero-order valence-electron chi connectivity index (χ0n) is 10.9. The first-order chi connectivity index (χ1) is 8.72. The molecule has 0 radical (unpaired) electrons. The lowest BCUT2D eigenvalue weighted by Gasteiger charge is -2.08. The van der Waals surface area contributed by atoms with Crippen LogP contribution in [0.1, 0.15) is 26.2 Å². The molecule has 0 aromatic rings. The molecule has 0 rings (SSSR count). The largest absolute Gasteiger partial charge is 0.481 e. The van der Waals surface area contributed by atoms with Gasteiger partial charge >= 0.3 is 12.0 Å². The van der Waals surface area contributed by atoms with Crippen LogP contribution in [0.4, 0.5) is 4.79 Å². The Labute approximate surface area is 112 Å². The minimum Gasteiger partial charge on any atom is -0.481 e. The molecule has 19 heavy (non-hydrogen) atoms. The van der Waals surface area contributed by atoms with E-state index in [-0.39, 0.29) is 18.7 Å². The molecule has 0 aliphatic carbocycles. The van der Waals surface area contributed by atoms with Gasteiger partial charge in [-0.15, -0.1) is 0 Å². The molecule has 5 N–H and O–H groups in total. The highest BCUT2D eigenvalue weighted by atomic mass is 32.2. The third kappa shape index (κ3) is 11.5. The molecule has 0 bridgehead atoms. The zero-order valence-corrected chi connectivity index (χ0v) is 11.7. The Morgan fingerprint density at radius 2 is 1.74 bits per heavy atom. The maximum Gasteiger partial charge on any atom is 0.314 e. The summed E-state index contributed by atoms with van der Waals surface area (Å²) in [7, 11) is -3.49. The number of aliphatic carboxylic acids is 1.